The van der Waals surface area contributed by atoms with Gasteiger partial charge < -0.3 is 0 Å². The van der Waals surface area contributed by atoms with Crippen LogP contribution in [0.3, 0.4) is 0 Å². The molecular weight excluding hydrogens is 358 g/mol. The lowest BCUT2D eigenvalue weighted by atomic mass is 9.91. The highest BCUT2D eigenvalue weighted by Gasteiger charge is 2.44. The van der Waals surface area contributed by atoms with E-state index in [1.807, 2.05) is 32.0 Å². The molecule has 0 spiro atoms. The van der Waals surface area contributed by atoms with E-state index in [-0.39, 0.29) is 29.9 Å². The number of imide groups is 1. The number of carbonyl (C=O) groups excluding carboxylic acids is 2. The zero-order valence-corrected chi connectivity index (χ0v) is 14.3. The zero-order chi connectivity index (χ0) is 16.3. The molecule has 1 saturated heterocycles. The molecule has 2 aliphatic heterocycles. The second kappa shape index (κ2) is 5.12. The minimum Gasteiger partial charge on any atom is -0.269 e. The van der Waals surface area contributed by atoms with Crippen LogP contribution in [-0.4, -0.2) is 34.8 Å². The number of carbonyl (C=O) groups is 2. The Morgan fingerprint density at radius 1 is 0.957 bits per heavy atom. The molecule has 2 aromatic carbocycles. The number of amides is 2. The molecule has 2 unspecified atom stereocenters. The van der Waals surface area contributed by atoms with Crippen molar-refractivity contribution in [3.63, 3.8) is 0 Å². The SMILES string of the molecule is CC1NNC(C)C1N1C(=O)c2cccc3c(Br)ccc(c23)C1=O. The third-order valence-corrected chi connectivity index (χ3v) is 5.44. The van der Waals surface area contributed by atoms with Crippen LogP contribution in [0.15, 0.2) is 34.8 Å². The van der Waals surface area contributed by atoms with Gasteiger partial charge in [0.1, 0.15) is 0 Å². The predicted molar refractivity (Wildman–Crippen MR) is 91.1 cm³/mol. The third kappa shape index (κ3) is 1.99. The number of rotatable bonds is 1. The van der Waals surface area contributed by atoms with Gasteiger partial charge in [0.05, 0.1) is 6.04 Å². The van der Waals surface area contributed by atoms with E-state index in [0.29, 0.717) is 11.1 Å². The lowest BCUT2D eigenvalue weighted by Gasteiger charge is -2.35. The molecule has 23 heavy (non-hydrogen) atoms. The van der Waals surface area contributed by atoms with Gasteiger partial charge in [-0.3, -0.25) is 25.3 Å². The van der Waals surface area contributed by atoms with E-state index < -0.39 is 0 Å². The molecule has 0 aromatic heterocycles. The van der Waals surface area contributed by atoms with E-state index in [0.717, 1.165) is 15.2 Å². The summed E-state index contributed by atoms with van der Waals surface area (Å²) in [6.07, 6.45) is 0. The number of nitrogens with zero attached hydrogens (tertiary/aromatic N) is 1. The van der Waals surface area contributed by atoms with E-state index in [1.165, 1.54) is 4.90 Å². The summed E-state index contributed by atoms with van der Waals surface area (Å²) >= 11 is 3.50. The number of nitrogens with one attached hydrogen (secondary N) is 2. The van der Waals surface area contributed by atoms with E-state index in [2.05, 4.69) is 26.8 Å². The Hall–Kier alpha value is -1.76. The van der Waals surface area contributed by atoms with Gasteiger partial charge in [-0.25, -0.2) is 0 Å². The van der Waals surface area contributed by atoms with E-state index in [1.54, 1.807) is 12.1 Å². The number of hydrogen-bond acceptors (Lipinski definition) is 4. The minimum atomic E-state index is -0.222. The standard InChI is InChI=1S/C17H16BrN3O2/c1-8-15(9(2)20-19-8)21-16(22)11-5-3-4-10-13(18)7-6-12(14(10)11)17(21)23/h3-9,15,19-20H,1-2H3. The van der Waals surface area contributed by atoms with Crippen LogP contribution in [0.5, 0.6) is 0 Å². The zero-order valence-electron chi connectivity index (χ0n) is 12.8. The first-order valence-corrected chi connectivity index (χ1v) is 8.40. The molecule has 2 aromatic rings. The first-order chi connectivity index (χ1) is 11.0. The molecule has 2 amide bonds. The second-order valence-corrected chi connectivity index (χ2v) is 7.01. The summed E-state index contributed by atoms with van der Waals surface area (Å²) < 4.78 is 0.887. The summed E-state index contributed by atoms with van der Waals surface area (Å²) in [5, 5.41) is 1.64. The van der Waals surface area contributed by atoms with Crippen molar-refractivity contribution in [1.82, 2.24) is 15.8 Å². The highest BCUT2D eigenvalue weighted by Crippen LogP contribution is 2.35. The molecule has 1 fully saturated rings. The highest BCUT2D eigenvalue weighted by atomic mass is 79.9. The van der Waals surface area contributed by atoms with Crippen molar-refractivity contribution in [2.45, 2.75) is 32.0 Å². The lowest BCUT2D eigenvalue weighted by molar-refractivity contribution is 0.0517. The van der Waals surface area contributed by atoms with Crippen LogP contribution in [0, 0.1) is 0 Å². The van der Waals surface area contributed by atoms with Crippen molar-refractivity contribution < 1.29 is 9.59 Å². The first kappa shape index (κ1) is 14.8. The number of benzene rings is 2. The maximum Gasteiger partial charge on any atom is 0.261 e. The molecule has 0 bridgehead atoms. The Morgan fingerprint density at radius 3 is 2.22 bits per heavy atom. The second-order valence-electron chi connectivity index (χ2n) is 6.16. The molecule has 0 saturated carbocycles. The van der Waals surface area contributed by atoms with Gasteiger partial charge in [-0.15, -0.1) is 0 Å². The normalized spacial score (nSPS) is 27.1. The van der Waals surface area contributed by atoms with Crippen molar-refractivity contribution in [3.05, 3.63) is 45.9 Å². The molecule has 2 atom stereocenters. The number of halogens is 1. The van der Waals surface area contributed by atoms with Crippen molar-refractivity contribution in [3.8, 4) is 0 Å². The van der Waals surface area contributed by atoms with Gasteiger partial charge in [0, 0.05) is 33.1 Å². The lowest BCUT2D eigenvalue weighted by Crippen LogP contribution is -2.54. The highest BCUT2D eigenvalue weighted by molar-refractivity contribution is 9.10. The molecule has 118 valence electrons. The molecule has 2 aliphatic rings. The average molecular weight is 374 g/mol. The molecule has 4 rings (SSSR count). The predicted octanol–water partition coefficient (Wildman–Crippen LogP) is 2.45. The van der Waals surface area contributed by atoms with Crippen LogP contribution in [0.2, 0.25) is 0 Å². The van der Waals surface area contributed by atoms with E-state index in [9.17, 15) is 9.59 Å². The largest absolute Gasteiger partial charge is 0.269 e. The summed E-state index contributed by atoms with van der Waals surface area (Å²) in [4.78, 5) is 27.5. The molecular formula is C17H16BrN3O2. The van der Waals surface area contributed by atoms with Crippen molar-refractivity contribution in [1.29, 1.82) is 0 Å². The Kier molecular flexibility index (Phi) is 3.30. The van der Waals surface area contributed by atoms with E-state index >= 15 is 0 Å². The Morgan fingerprint density at radius 2 is 1.57 bits per heavy atom. The molecule has 0 aliphatic carbocycles. The van der Waals surface area contributed by atoms with Gasteiger partial charge in [-0.2, -0.15) is 0 Å². The monoisotopic (exact) mass is 373 g/mol. The summed E-state index contributed by atoms with van der Waals surface area (Å²) in [5.74, 6) is -0.444. The van der Waals surface area contributed by atoms with Crippen LogP contribution in [0.25, 0.3) is 10.8 Å². The summed E-state index contributed by atoms with van der Waals surface area (Å²) in [6.45, 7) is 3.94. The van der Waals surface area contributed by atoms with E-state index in [4.69, 9.17) is 0 Å². The van der Waals surface area contributed by atoms with Crippen LogP contribution in [0.1, 0.15) is 34.6 Å². The summed E-state index contributed by atoms with van der Waals surface area (Å²) in [7, 11) is 0. The van der Waals surface area contributed by atoms with Crippen LogP contribution >= 0.6 is 15.9 Å². The van der Waals surface area contributed by atoms with Crippen LogP contribution in [-0.2, 0) is 0 Å². The maximum absolute atomic E-state index is 13.0. The van der Waals surface area contributed by atoms with Crippen molar-refractivity contribution >= 4 is 38.5 Å². The molecule has 6 heteroatoms. The quantitative estimate of drug-likeness (QED) is 0.753. The number of hydrogen-bond donors (Lipinski definition) is 2. The van der Waals surface area contributed by atoms with Gasteiger partial charge >= 0.3 is 0 Å². The fourth-order valence-electron chi connectivity index (χ4n) is 3.66. The molecule has 5 nitrogen and oxygen atoms in total. The van der Waals surface area contributed by atoms with Gasteiger partial charge in [-0.05, 0) is 37.4 Å². The third-order valence-electron chi connectivity index (χ3n) is 4.75. The Balaban J connectivity index is 1.94. The average Bonchev–Trinajstić information content (AvgIpc) is 2.86. The van der Waals surface area contributed by atoms with Crippen molar-refractivity contribution in [2.75, 3.05) is 0 Å². The van der Waals surface area contributed by atoms with Gasteiger partial charge in [-0.1, -0.05) is 28.1 Å². The fraction of sp³-hybridized carbons (Fsp3) is 0.294. The number of hydrazine groups is 1. The van der Waals surface area contributed by atoms with Crippen molar-refractivity contribution in [2.24, 2.45) is 0 Å². The first-order valence-electron chi connectivity index (χ1n) is 7.61. The topological polar surface area (TPSA) is 61.4 Å². The maximum atomic E-state index is 13.0. The minimum absolute atomic E-state index is 0.00546. The smallest absolute Gasteiger partial charge is 0.261 e. The molecule has 0 radical (unpaired) electrons. The summed E-state index contributed by atoms with van der Waals surface area (Å²) in [6, 6.07) is 9.01. The Bertz CT molecular complexity index is 819. The van der Waals surface area contributed by atoms with Crippen LogP contribution < -0.4 is 10.9 Å². The van der Waals surface area contributed by atoms with Gasteiger partial charge in [0.2, 0.25) is 0 Å². The van der Waals surface area contributed by atoms with Gasteiger partial charge in [0.25, 0.3) is 11.8 Å². The molecule has 2 N–H and O–H groups in total. The fourth-order valence-corrected chi connectivity index (χ4v) is 4.13. The molecule has 2 heterocycles. The van der Waals surface area contributed by atoms with Crippen LogP contribution in [0.4, 0.5) is 0 Å². The summed E-state index contributed by atoms with van der Waals surface area (Å²) in [5.41, 5.74) is 7.40. The Labute approximate surface area is 142 Å². The van der Waals surface area contributed by atoms with Gasteiger partial charge in [0.15, 0.2) is 0 Å².